The minimum atomic E-state index is -3.61. The molecule has 184 valence electrons. The van der Waals surface area contributed by atoms with Crippen molar-refractivity contribution < 1.29 is 22.7 Å². The summed E-state index contributed by atoms with van der Waals surface area (Å²) in [7, 11) is -3.61. The fourth-order valence-electron chi connectivity index (χ4n) is 4.89. The van der Waals surface area contributed by atoms with Gasteiger partial charge in [-0.15, -0.1) is 0 Å². The second-order valence-electron chi connectivity index (χ2n) is 8.98. The third-order valence-corrected chi connectivity index (χ3v) is 8.76. The fourth-order valence-corrected chi connectivity index (χ4v) is 6.39. The smallest absolute Gasteiger partial charge is 0.243 e. The number of fused-ring (bicyclic) bond motifs is 2. The molecular weight excluding hydrogens is 464 g/mol. The molecule has 0 N–H and O–H groups in total. The molecule has 2 heterocycles. The Kier molecular flexibility index (Phi) is 6.67. The number of rotatable bonds is 6. The van der Waals surface area contributed by atoms with Crippen molar-refractivity contribution in [2.45, 2.75) is 31.2 Å². The van der Waals surface area contributed by atoms with E-state index in [0.29, 0.717) is 68.6 Å². The number of benzene rings is 3. The van der Waals surface area contributed by atoms with Gasteiger partial charge in [0.25, 0.3) is 0 Å². The minimum Gasteiger partial charge on any atom is -0.486 e. The zero-order valence-electron chi connectivity index (χ0n) is 19.9. The van der Waals surface area contributed by atoms with Crippen LogP contribution in [0.5, 0.6) is 11.5 Å². The minimum absolute atomic E-state index is 0.0598. The molecule has 3 aromatic rings. The summed E-state index contributed by atoms with van der Waals surface area (Å²) in [4.78, 5) is 15.5. The van der Waals surface area contributed by atoms with E-state index in [0.717, 1.165) is 16.3 Å². The van der Waals surface area contributed by atoms with Gasteiger partial charge >= 0.3 is 0 Å². The molecule has 0 saturated carbocycles. The number of piperidine rings is 1. The van der Waals surface area contributed by atoms with Crippen molar-refractivity contribution in [1.29, 1.82) is 0 Å². The molecule has 5 rings (SSSR count). The highest BCUT2D eigenvalue weighted by Gasteiger charge is 2.34. The first kappa shape index (κ1) is 23.6. The zero-order chi connectivity index (χ0) is 24.4. The molecule has 7 nitrogen and oxygen atoms in total. The van der Waals surface area contributed by atoms with Crippen LogP contribution in [-0.4, -0.2) is 56.4 Å². The van der Waals surface area contributed by atoms with Gasteiger partial charge in [-0.25, -0.2) is 8.42 Å². The molecule has 0 radical (unpaired) electrons. The highest BCUT2D eigenvalue weighted by atomic mass is 32.2. The number of hydrogen-bond donors (Lipinski definition) is 0. The van der Waals surface area contributed by atoms with Gasteiger partial charge in [0.05, 0.1) is 4.90 Å². The molecule has 0 unspecified atom stereocenters. The lowest BCUT2D eigenvalue weighted by atomic mass is 9.96. The van der Waals surface area contributed by atoms with Gasteiger partial charge in [-0.05, 0) is 48.7 Å². The van der Waals surface area contributed by atoms with Gasteiger partial charge in [-0.3, -0.25) is 4.79 Å². The van der Waals surface area contributed by atoms with E-state index in [1.807, 2.05) is 60.4 Å². The molecule has 0 aromatic heterocycles. The normalized spacial score (nSPS) is 16.8. The van der Waals surface area contributed by atoms with Crippen molar-refractivity contribution in [3.8, 4) is 11.5 Å². The molecule has 2 aliphatic rings. The molecule has 0 spiro atoms. The molecule has 1 saturated heterocycles. The summed E-state index contributed by atoms with van der Waals surface area (Å²) >= 11 is 0. The van der Waals surface area contributed by atoms with Crippen LogP contribution in [0.25, 0.3) is 10.8 Å². The van der Waals surface area contributed by atoms with E-state index in [4.69, 9.17) is 9.47 Å². The third-order valence-electron chi connectivity index (χ3n) is 6.86. The molecule has 0 bridgehead atoms. The summed E-state index contributed by atoms with van der Waals surface area (Å²) in [5.41, 5.74) is 0.925. The molecular formula is C27H30N2O5S. The van der Waals surface area contributed by atoms with Gasteiger partial charge in [-0.2, -0.15) is 4.31 Å². The molecule has 0 aliphatic carbocycles. The molecule has 0 atom stereocenters. The van der Waals surface area contributed by atoms with Crippen molar-refractivity contribution in [3.63, 3.8) is 0 Å². The Morgan fingerprint density at radius 1 is 0.971 bits per heavy atom. The van der Waals surface area contributed by atoms with Gasteiger partial charge in [0.2, 0.25) is 15.9 Å². The molecule has 3 aromatic carbocycles. The van der Waals surface area contributed by atoms with E-state index in [9.17, 15) is 13.2 Å². The average Bonchev–Trinajstić information content (AvgIpc) is 2.91. The lowest BCUT2D eigenvalue weighted by Crippen LogP contribution is -2.44. The Balaban J connectivity index is 1.25. The van der Waals surface area contributed by atoms with E-state index in [1.54, 1.807) is 12.1 Å². The number of carbonyl (C=O) groups excluding carboxylic acids is 1. The Morgan fingerprint density at radius 2 is 1.71 bits per heavy atom. The van der Waals surface area contributed by atoms with Gasteiger partial charge < -0.3 is 14.4 Å². The number of hydrogen-bond acceptors (Lipinski definition) is 5. The summed E-state index contributed by atoms with van der Waals surface area (Å²) in [5.74, 6) is 1.28. The van der Waals surface area contributed by atoms with E-state index in [1.165, 1.54) is 4.31 Å². The summed E-state index contributed by atoms with van der Waals surface area (Å²) in [6.45, 7) is 4.66. The lowest BCUT2D eigenvalue weighted by Gasteiger charge is -2.34. The highest BCUT2D eigenvalue weighted by Crippen LogP contribution is 2.35. The maximum Gasteiger partial charge on any atom is 0.243 e. The maximum absolute atomic E-state index is 13.4. The Labute approximate surface area is 206 Å². The fraction of sp³-hybridized carbons (Fsp3) is 0.370. The van der Waals surface area contributed by atoms with E-state index >= 15 is 0 Å². The van der Waals surface area contributed by atoms with E-state index < -0.39 is 10.0 Å². The first-order valence-electron chi connectivity index (χ1n) is 12.1. The van der Waals surface area contributed by atoms with Crippen LogP contribution in [0.1, 0.15) is 25.3 Å². The first-order chi connectivity index (χ1) is 17.0. The number of sulfonamides is 1. The largest absolute Gasteiger partial charge is 0.486 e. The number of carbonyl (C=O) groups is 1. The quantitative estimate of drug-likeness (QED) is 0.517. The summed E-state index contributed by atoms with van der Waals surface area (Å²) in [5, 5.41) is 1.90. The lowest BCUT2D eigenvalue weighted by molar-refractivity contribution is -0.137. The monoisotopic (exact) mass is 494 g/mol. The van der Waals surface area contributed by atoms with Crippen molar-refractivity contribution in [2.75, 3.05) is 32.8 Å². The van der Waals surface area contributed by atoms with Crippen LogP contribution in [0.15, 0.2) is 65.6 Å². The standard InChI is InChI=1S/C27H30N2O5S/c1-2-28(19-23-8-5-9-25-26(23)34-17-16-33-25)27(30)21-12-14-29(15-13-21)35(31,32)24-11-10-20-6-3-4-7-22(20)18-24/h3-11,18,21H,2,12-17,19H2,1H3. The molecule has 1 fully saturated rings. The molecule has 1 amide bonds. The summed E-state index contributed by atoms with van der Waals surface area (Å²) in [6.07, 6.45) is 1.02. The predicted molar refractivity (Wildman–Crippen MR) is 134 cm³/mol. The van der Waals surface area contributed by atoms with Crippen LogP contribution in [0, 0.1) is 5.92 Å². The topological polar surface area (TPSA) is 76.2 Å². The van der Waals surface area contributed by atoms with Crippen LogP contribution in [0.4, 0.5) is 0 Å². The van der Waals surface area contributed by atoms with Gasteiger partial charge in [0, 0.05) is 37.7 Å². The van der Waals surface area contributed by atoms with Crippen LogP contribution < -0.4 is 9.47 Å². The second-order valence-corrected chi connectivity index (χ2v) is 10.9. The Bertz CT molecular complexity index is 1330. The maximum atomic E-state index is 13.4. The third kappa shape index (κ3) is 4.73. The molecule has 8 heteroatoms. The van der Waals surface area contributed by atoms with Crippen LogP contribution >= 0.6 is 0 Å². The summed E-state index contributed by atoms with van der Waals surface area (Å²) < 4.78 is 39.5. The zero-order valence-corrected chi connectivity index (χ0v) is 20.7. The molecule has 35 heavy (non-hydrogen) atoms. The number of para-hydroxylation sites is 1. The van der Waals surface area contributed by atoms with Crippen molar-refractivity contribution in [3.05, 3.63) is 66.2 Å². The van der Waals surface area contributed by atoms with Crippen molar-refractivity contribution >= 4 is 26.7 Å². The highest BCUT2D eigenvalue weighted by molar-refractivity contribution is 7.89. The van der Waals surface area contributed by atoms with Gasteiger partial charge in [0.15, 0.2) is 11.5 Å². The van der Waals surface area contributed by atoms with E-state index in [2.05, 4.69) is 0 Å². The average molecular weight is 495 g/mol. The van der Waals surface area contributed by atoms with Gasteiger partial charge in [0.1, 0.15) is 13.2 Å². The summed E-state index contributed by atoms with van der Waals surface area (Å²) in [6, 6.07) is 18.7. The predicted octanol–water partition coefficient (Wildman–Crippen LogP) is 4.06. The van der Waals surface area contributed by atoms with Gasteiger partial charge in [-0.1, -0.05) is 42.5 Å². The number of ether oxygens (including phenoxy) is 2. The SMILES string of the molecule is CCN(Cc1cccc2c1OCCO2)C(=O)C1CCN(S(=O)(=O)c2ccc3ccccc3c2)CC1. The molecule has 2 aliphatic heterocycles. The van der Waals surface area contributed by atoms with Crippen LogP contribution in [-0.2, 0) is 21.4 Å². The van der Waals surface area contributed by atoms with Crippen LogP contribution in [0.2, 0.25) is 0 Å². The Hall–Kier alpha value is -3.10. The Morgan fingerprint density at radius 3 is 2.49 bits per heavy atom. The van der Waals surface area contributed by atoms with Crippen LogP contribution in [0.3, 0.4) is 0 Å². The van der Waals surface area contributed by atoms with Crippen molar-refractivity contribution in [1.82, 2.24) is 9.21 Å². The second kappa shape index (κ2) is 9.87. The van der Waals surface area contributed by atoms with E-state index in [-0.39, 0.29) is 11.8 Å². The number of nitrogens with zero attached hydrogens (tertiary/aromatic N) is 2. The number of amides is 1. The van der Waals surface area contributed by atoms with Crippen molar-refractivity contribution in [2.24, 2.45) is 5.92 Å². The first-order valence-corrected chi connectivity index (χ1v) is 13.6.